The summed E-state index contributed by atoms with van der Waals surface area (Å²) in [6.07, 6.45) is -2.44. The second kappa shape index (κ2) is 8.73. The van der Waals surface area contributed by atoms with Gasteiger partial charge in [0.15, 0.2) is 6.61 Å². The number of nitrogens with zero attached hydrogens (tertiary/aromatic N) is 2. The maximum absolute atomic E-state index is 12.5. The molecule has 24 heavy (non-hydrogen) atoms. The Morgan fingerprint density at radius 3 is 2.67 bits per heavy atom. The molecule has 1 aromatic heterocycles. The first-order chi connectivity index (χ1) is 10.2. The quantitative estimate of drug-likeness (QED) is 0.859. The van der Waals surface area contributed by atoms with E-state index in [4.69, 9.17) is 5.73 Å². The van der Waals surface area contributed by atoms with E-state index in [0.717, 1.165) is 6.42 Å². The molecule has 138 valence electrons. The van der Waals surface area contributed by atoms with Gasteiger partial charge < -0.3 is 15.4 Å². The van der Waals surface area contributed by atoms with Crippen LogP contribution in [0.25, 0.3) is 0 Å². The number of likely N-dealkylation sites (tertiary alicyclic amines) is 1. The molecule has 1 aromatic rings. The van der Waals surface area contributed by atoms with Crippen molar-refractivity contribution in [3.05, 3.63) is 23.9 Å². The van der Waals surface area contributed by atoms with Crippen molar-refractivity contribution in [2.75, 3.05) is 26.2 Å². The highest BCUT2D eigenvalue weighted by atomic mass is 35.5. The van der Waals surface area contributed by atoms with Gasteiger partial charge in [0.05, 0.1) is 0 Å². The summed E-state index contributed by atoms with van der Waals surface area (Å²) in [6, 6.07) is 2.91. The van der Waals surface area contributed by atoms with Gasteiger partial charge in [-0.2, -0.15) is 13.2 Å². The van der Waals surface area contributed by atoms with Crippen molar-refractivity contribution in [1.82, 2.24) is 9.88 Å². The average Bonchev–Trinajstić information content (AvgIpc) is 2.87. The smallest absolute Gasteiger partial charge is 0.422 e. The van der Waals surface area contributed by atoms with E-state index in [1.807, 2.05) is 6.92 Å². The molecule has 0 bridgehead atoms. The van der Waals surface area contributed by atoms with Gasteiger partial charge in [-0.25, -0.2) is 4.98 Å². The lowest BCUT2D eigenvalue weighted by molar-refractivity contribution is -0.154. The van der Waals surface area contributed by atoms with E-state index in [0.29, 0.717) is 19.6 Å². The van der Waals surface area contributed by atoms with Crippen molar-refractivity contribution in [2.24, 2.45) is 11.1 Å². The minimum Gasteiger partial charge on any atom is -0.467 e. The molecule has 2 heterocycles. The summed E-state index contributed by atoms with van der Waals surface area (Å²) in [7, 11) is 0. The number of alkyl halides is 3. The van der Waals surface area contributed by atoms with Gasteiger partial charge in [0.25, 0.3) is 5.91 Å². The first-order valence-electron chi connectivity index (χ1n) is 6.88. The van der Waals surface area contributed by atoms with Crippen LogP contribution in [0.15, 0.2) is 18.3 Å². The lowest BCUT2D eigenvalue weighted by Gasteiger charge is -2.23. The zero-order valence-electron chi connectivity index (χ0n) is 13.0. The van der Waals surface area contributed by atoms with Crippen LogP contribution in [0.1, 0.15) is 23.7 Å². The van der Waals surface area contributed by atoms with E-state index in [2.05, 4.69) is 9.72 Å². The molecular formula is C14H20Cl2F3N3O2. The number of halogens is 5. The lowest BCUT2D eigenvalue weighted by Crippen LogP contribution is -2.34. The summed E-state index contributed by atoms with van der Waals surface area (Å²) in [5.41, 5.74) is 5.57. The topological polar surface area (TPSA) is 68.5 Å². The SMILES string of the molecule is CC1(CN)CCN(C(=O)c2cccnc2OCC(F)(F)F)C1.Cl.Cl. The highest BCUT2D eigenvalue weighted by Gasteiger charge is 2.36. The third kappa shape index (κ3) is 5.68. The maximum Gasteiger partial charge on any atom is 0.422 e. The van der Waals surface area contributed by atoms with Crippen LogP contribution >= 0.6 is 24.8 Å². The van der Waals surface area contributed by atoms with Crippen LogP contribution in [0, 0.1) is 5.41 Å². The Kier molecular flexibility index (Phi) is 8.28. The molecule has 1 atom stereocenters. The molecule has 0 spiro atoms. The summed E-state index contributed by atoms with van der Waals surface area (Å²) in [5.74, 6) is -0.686. The van der Waals surface area contributed by atoms with Crippen molar-refractivity contribution in [3.63, 3.8) is 0 Å². The molecule has 0 aliphatic carbocycles. The van der Waals surface area contributed by atoms with E-state index in [1.54, 1.807) is 4.90 Å². The Morgan fingerprint density at radius 2 is 2.12 bits per heavy atom. The normalized spacial score (nSPS) is 20.1. The van der Waals surface area contributed by atoms with Gasteiger partial charge >= 0.3 is 6.18 Å². The predicted molar refractivity (Wildman–Crippen MR) is 88.0 cm³/mol. The number of aromatic nitrogens is 1. The minimum atomic E-state index is -4.48. The maximum atomic E-state index is 12.5. The Morgan fingerprint density at radius 1 is 1.46 bits per heavy atom. The first-order valence-corrected chi connectivity index (χ1v) is 6.88. The van der Waals surface area contributed by atoms with Crippen LogP contribution in [-0.2, 0) is 0 Å². The molecule has 5 nitrogen and oxygen atoms in total. The summed E-state index contributed by atoms with van der Waals surface area (Å²) < 4.78 is 41.4. The van der Waals surface area contributed by atoms with E-state index >= 15 is 0 Å². The molecule has 0 saturated carbocycles. The van der Waals surface area contributed by atoms with Crippen molar-refractivity contribution in [1.29, 1.82) is 0 Å². The number of amides is 1. The highest BCUT2D eigenvalue weighted by Crippen LogP contribution is 2.30. The van der Waals surface area contributed by atoms with Crippen LogP contribution in [0.4, 0.5) is 13.2 Å². The van der Waals surface area contributed by atoms with Crippen LogP contribution in [-0.4, -0.2) is 48.2 Å². The zero-order valence-corrected chi connectivity index (χ0v) is 14.6. The zero-order chi connectivity index (χ0) is 16.4. The van der Waals surface area contributed by atoms with Crippen LogP contribution in [0.2, 0.25) is 0 Å². The Balaban J connectivity index is 0.00000264. The van der Waals surface area contributed by atoms with E-state index in [-0.39, 0.29) is 47.6 Å². The Labute approximate surface area is 150 Å². The number of hydrogen-bond acceptors (Lipinski definition) is 4. The predicted octanol–water partition coefficient (Wildman–Crippen LogP) is 2.68. The van der Waals surface area contributed by atoms with Gasteiger partial charge in [-0.1, -0.05) is 6.92 Å². The average molecular weight is 390 g/mol. The largest absolute Gasteiger partial charge is 0.467 e. The third-order valence-corrected chi connectivity index (χ3v) is 3.71. The summed E-state index contributed by atoms with van der Waals surface area (Å²) in [4.78, 5) is 17.8. The number of nitrogens with two attached hydrogens (primary N) is 1. The number of rotatable bonds is 4. The van der Waals surface area contributed by atoms with Gasteiger partial charge in [0, 0.05) is 19.3 Å². The number of carbonyl (C=O) groups is 1. The standard InChI is InChI=1S/C14H18F3N3O2.2ClH/c1-13(7-18)4-6-20(8-13)12(21)10-3-2-5-19-11(10)22-9-14(15,16)17;;/h2-3,5H,4,6-9,18H2,1H3;2*1H. The van der Waals surface area contributed by atoms with Crippen LogP contribution in [0.5, 0.6) is 5.88 Å². The number of ether oxygens (including phenoxy) is 1. The summed E-state index contributed by atoms with van der Waals surface area (Å²) in [5, 5.41) is 0. The molecule has 0 aromatic carbocycles. The van der Waals surface area contributed by atoms with Gasteiger partial charge in [-0.15, -0.1) is 24.8 Å². The van der Waals surface area contributed by atoms with E-state index in [9.17, 15) is 18.0 Å². The Hall–Kier alpha value is -1.25. The van der Waals surface area contributed by atoms with Gasteiger partial charge in [0.1, 0.15) is 5.56 Å². The van der Waals surface area contributed by atoms with Crippen LogP contribution < -0.4 is 10.5 Å². The number of pyridine rings is 1. The monoisotopic (exact) mass is 389 g/mol. The third-order valence-electron chi connectivity index (χ3n) is 3.71. The van der Waals surface area contributed by atoms with Crippen molar-refractivity contribution >= 4 is 30.7 Å². The highest BCUT2D eigenvalue weighted by molar-refractivity contribution is 5.96. The molecular weight excluding hydrogens is 370 g/mol. The molecule has 1 fully saturated rings. The van der Waals surface area contributed by atoms with Crippen molar-refractivity contribution < 1.29 is 22.7 Å². The number of hydrogen-bond donors (Lipinski definition) is 1. The van der Waals surface area contributed by atoms with Crippen molar-refractivity contribution in [3.8, 4) is 5.88 Å². The fraction of sp³-hybridized carbons (Fsp3) is 0.571. The molecule has 2 N–H and O–H groups in total. The fourth-order valence-electron chi connectivity index (χ4n) is 2.35. The Bertz CT molecular complexity index is 560. The molecule has 10 heteroatoms. The minimum absolute atomic E-state index is 0. The van der Waals surface area contributed by atoms with Gasteiger partial charge in [-0.05, 0) is 30.5 Å². The molecule has 1 aliphatic heterocycles. The fourth-order valence-corrected chi connectivity index (χ4v) is 2.35. The molecule has 1 saturated heterocycles. The molecule has 1 aliphatic rings. The van der Waals surface area contributed by atoms with E-state index in [1.165, 1.54) is 18.3 Å². The molecule has 1 amide bonds. The van der Waals surface area contributed by atoms with E-state index < -0.39 is 12.8 Å². The summed E-state index contributed by atoms with van der Waals surface area (Å²) >= 11 is 0. The second-order valence-electron chi connectivity index (χ2n) is 5.75. The molecule has 1 unspecified atom stereocenters. The molecule has 2 rings (SSSR count). The van der Waals surface area contributed by atoms with Crippen molar-refractivity contribution in [2.45, 2.75) is 19.5 Å². The van der Waals surface area contributed by atoms with Gasteiger partial charge in [0.2, 0.25) is 5.88 Å². The second-order valence-corrected chi connectivity index (χ2v) is 5.75. The van der Waals surface area contributed by atoms with Gasteiger partial charge in [-0.3, -0.25) is 4.79 Å². The van der Waals surface area contributed by atoms with Crippen LogP contribution in [0.3, 0.4) is 0 Å². The summed E-state index contributed by atoms with van der Waals surface area (Å²) in [6.45, 7) is 1.92. The number of carbonyl (C=O) groups excluding carboxylic acids is 1. The first kappa shape index (κ1) is 22.8. The lowest BCUT2D eigenvalue weighted by atomic mass is 9.90. The molecule has 0 radical (unpaired) electrons.